The van der Waals surface area contributed by atoms with E-state index in [4.69, 9.17) is 14.5 Å². The number of phosphoric ester groups is 1. The maximum Gasteiger partial charge on any atom is 0.469 e. The lowest BCUT2D eigenvalue weighted by Gasteiger charge is -2.25. The quantitative estimate of drug-likeness (QED) is 0.194. The maximum absolute atomic E-state index is 11.5. The van der Waals surface area contributed by atoms with Crippen molar-refractivity contribution in [2.24, 2.45) is 5.92 Å². The highest BCUT2D eigenvalue weighted by molar-refractivity contribution is 7.46. The molecule has 132 valence electrons. The fourth-order valence-electron chi connectivity index (χ4n) is 1.25. The molecule has 0 aromatic carbocycles. The summed E-state index contributed by atoms with van der Waals surface area (Å²) in [7, 11) is -4.86. The third-order valence-corrected chi connectivity index (χ3v) is 3.42. The predicted octanol–water partition coefficient (Wildman–Crippen LogP) is -1.87. The van der Waals surface area contributed by atoms with Crippen LogP contribution >= 0.6 is 7.82 Å². The Balaban J connectivity index is 4.43. The molecule has 11 heteroatoms. The first-order chi connectivity index (χ1) is 9.99. The van der Waals surface area contributed by atoms with Crippen molar-refractivity contribution >= 4 is 13.8 Å². The van der Waals surface area contributed by atoms with Gasteiger partial charge in [0.25, 0.3) is 0 Å². The molecule has 0 radical (unpaired) electrons. The molecule has 0 heterocycles. The molecule has 0 bridgehead atoms. The minimum Gasteiger partial charge on any atom is -0.463 e. The molecule has 0 aromatic rings. The molecule has 0 rings (SSSR count). The highest BCUT2D eigenvalue weighted by Crippen LogP contribution is 2.35. The molecule has 0 fully saturated rings. The van der Waals surface area contributed by atoms with Crippen LogP contribution in [-0.4, -0.2) is 73.8 Å². The Labute approximate surface area is 127 Å². The van der Waals surface area contributed by atoms with Crippen molar-refractivity contribution in [3.05, 3.63) is 0 Å². The number of phosphoric acid groups is 1. The van der Waals surface area contributed by atoms with Crippen LogP contribution in [0.2, 0.25) is 0 Å². The second-order valence-corrected chi connectivity index (χ2v) is 6.16. The average Bonchev–Trinajstić information content (AvgIpc) is 2.46. The number of aliphatic hydroxyl groups excluding tert-OH is 4. The van der Waals surface area contributed by atoms with Gasteiger partial charge in [0.05, 0.1) is 13.2 Å². The van der Waals surface area contributed by atoms with E-state index in [0.717, 1.165) is 6.42 Å². The van der Waals surface area contributed by atoms with Crippen molar-refractivity contribution in [2.75, 3.05) is 13.2 Å². The molecule has 5 atom stereocenters. The number of aliphatic hydroxyl groups is 4. The van der Waals surface area contributed by atoms with Crippen LogP contribution in [0.25, 0.3) is 0 Å². The van der Waals surface area contributed by atoms with E-state index in [2.05, 4.69) is 4.52 Å². The Morgan fingerprint density at radius 2 is 1.64 bits per heavy atom. The smallest absolute Gasteiger partial charge is 0.463 e. The number of hydrogen-bond acceptors (Lipinski definition) is 8. The molecule has 0 aliphatic carbocycles. The zero-order valence-corrected chi connectivity index (χ0v) is 13.2. The molecule has 10 nitrogen and oxygen atoms in total. The largest absolute Gasteiger partial charge is 0.469 e. The van der Waals surface area contributed by atoms with Crippen LogP contribution in [0.3, 0.4) is 0 Å². The number of carbonyl (C=O) groups is 1. The monoisotopic (exact) mass is 346 g/mol. The summed E-state index contributed by atoms with van der Waals surface area (Å²) in [5, 5.41) is 38.0. The summed E-state index contributed by atoms with van der Waals surface area (Å²) in [6.07, 6.45) is -7.51. The normalized spacial score (nSPS) is 19.1. The van der Waals surface area contributed by atoms with E-state index in [1.54, 1.807) is 6.92 Å². The third-order valence-electron chi connectivity index (χ3n) is 2.93. The lowest BCUT2D eigenvalue weighted by atomic mass is 10.0. The molecule has 22 heavy (non-hydrogen) atoms. The van der Waals surface area contributed by atoms with Gasteiger partial charge in [-0.15, -0.1) is 0 Å². The van der Waals surface area contributed by atoms with Crippen LogP contribution in [0.5, 0.6) is 0 Å². The van der Waals surface area contributed by atoms with Crippen LogP contribution in [-0.2, 0) is 18.6 Å². The van der Waals surface area contributed by atoms with Gasteiger partial charge in [-0.25, -0.2) is 9.36 Å². The van der Waals surface area contributed by atoms with Gasteiger partial charge in [0.1, 0.15) is 18.3 Å². The van der Waals surface area contributed by atoms with Gasteiger partial charge in [-0.1, -0.05) is 20.3 Å². The van der Waals surface area contributed by atoms with Crippen molar-refractivity contribution in [2.45, 2.75) is 44.7 Å². The molecular formula is C11H23O10P. The number of rotatable bonds is 10. The zero-order chi connectivity index (χ0) is 17.5. The van der Waals surface area contributed by atoms with E-state index < -0.39 is 44.8 Å². The Morgan fingerprint density at radius 1 is 1.09 bits per heavy atom. The number of carbonyl (C=O) groups excluding carboxylic acids is 1. The minimum atomic E-state index is -4.86. The fraction of sp³-hybridized carbons (Fsp3) is 0.909. The molecule has 1 unspecified atom stereocenters. The molecule has 0 aliphatic heterocycles. The highest BCUT2D eigenvalue weighted by atomic mass is 31.2. The highest BCUT2D eigenvalue weighted by Gasteiger charge is 2.36. The van der Waals surface area contributed by atoms with E-state index in [-0.39, 0.29) is 12.5 Å². The Bertz CT molecular complexity index is 383. The van der Waals surface area contributed by atoms with Gasteiger partial charge in [-0.3, -0.25) is 4.52 Å². The zero-order valence-electron chi connectivity index (χ0n) is 12.3. The first-order valence-corrected chi connectivity index (χ1v) is 8.11. The van der Waals surface area contributed by atoms with Crippen LogP contribution in [0.15, 0.2) is 0 Å². The van der Waals surface area contributed by atoms with E-state index in [0.29, 0.717) is 0 Å². The fourth-order valence-corrected chi connectivity index (χ4v) is 1.60. The van der Waals surface area contributed by atoms with Crippen molar-refractivity contribution in [1.82, 2.24) is 0 Å². The van der Waals surface area contributed by atoms with Crippen molar-refractivity contribution in [3.8, 4) is 0 Å². The lowest BCUT2D eigenvalue weighted by molar-refractivity contribution is -0.171. The predicted molar refractivity (Wildman–Crippen MR) is 72.4 cm³/mol. The maximum atomic E-state index is 11.5. The van der Waals surface area contributed by atoms with Crippen LogP contribution in [0.4, 0.5) is 0 Å². The molecule has 0 aliphatic rings. The second-order valence-electron chi connectivity index (χ2n) is 4.92. The summed E-state index contributed by atoms with van der Waals surface area (Å²) in [6, 6.07) is 0. The Kier molecular flexibility index (Phi) is 9.28. The Hall–Kier alpha value is -0.580. The summed E-state index contributed by atoms with van der Waals surface area (Å²) in [5.74, 6) is -1.14. The minimum absolute atomic E-state index is 0.0130. The van der Waals surface area contributed by atoms with E-state index in [1.807, 2.05) is 6.92 Å². The Morgan fingerprint density at radius 3 is 2.09 bits per heavy atom. The molecular weight excluding hydrogens is 323 g/mol. The van der Waals surface area contributed by atoms with Crippen molar-refractivity contribution < 1.29 is 48.8 Å². The summed E-state index contributed by atoms with van der Waals surface area (Å²) >= 11 is 0. The van der Waals surface area contributed by atoms with Gasteiger partial charge in [-0.2, -0.15) is 0 Å². The van der Waals surface area contributed by atoms with Crippen LogP contribution in [0.1, 0.15) is 20.3 Å². The molecule has 0 saturated heterocycles. The lowest BCUT2D eigenvalue weighted by Crippen LogP contribution is -2.49. The van der Waals surface area contributed by atoms with Crippen LogP contribution in [0, 0.1) is 5.92 Å². The van der Waals surface area contributed by atoms with Gasteiger partial charge in [0, 0.05) is 0 Å². The first-order valence-electron chi connectivity index (χ1n) is 6.58. The standard InChI is InChI=1S/C11H23O10P/c1-3-6(2)4-20-11(16)10(15)9(14)8(13)7(12)5-21-22(17,18)19/h6-10,12-15H,3-5H2,1-2H3,(H2,17,18,19)/t6?,7-,8-,9+,10-/m1/s1. The molecule has 0 amide bonds. The van der Waals surface area contributed by atoms with Gasteiger partial charge in [0.2, 0.25) is 0 Å². The molecule has 0 spiro atoms. The van der Waals surface area contributed by atoms with Crippen LogP contribution < -0.4 is 0 Å². The number of esters is 1. The third kappa shape index (κ3) is 8.16. The number of hydrogen-bond donors (Lipinski definition) is 6. The summed E-state index contributed by atoms with van der Waals surface area (Å²) in [5.41, 5.74) is 0. The van der Waals surface area contributed by atoms with Crippen molar-refractivity contribution in [1.29, 1.82) is 0 Å². The first kappa shape index (κ1) is 21.4. The molecule has 0 aromatic heterocycles. The second kappa shape index (κ2) is 9.53. The molecule has 6 N–H and O–H groups in total. The van der Waals surface area contributed by atoms with Gasteiger partial charge < -0.3 is 34.9 Å². The topological polar surface area (TPSA) is 174 Å². The van der Waals surface area contributed by atoms with E-state index >= 15 is 0 Å². The SMILES string of the molecule is CCC(C)COC(=O)[C@H](O)[C@@H](O)[C@H](O)[C@H](O)COP(=O)(O)O. The molecule has 0 saturated carbocycles. The van der Waals surface area contributed by atoms with E-state index in [1.165, 1.54) is 0 Å². The van der Waals surface area contributed by atoms with Gasteiger partial charge in [-0.05, 0) is 5.92 Å². The van der Waals surface area contributed by atoms with E-state index in [9.17, 15) is 29.8 Å². The number of ether oxygens (including phenoxy) is 1. The van der Waals surface area contributed by atoms with Gasteiger partial charge >= 0.3 is 13.8 Å². The summed E-state index contributed by atoms with van der Waals surface area (Å²) in [6.45, 7) is 2.68. The summed E-state index contributed by atoms with van der Waals surface area (Å²) in [4.78, 5) is 28.3. The summed E-state index contributed by atoms with van der Waals surface area (Å²) < 4.78 is 19.1. The van der Waals surface area contributed by atoms with Crippen molar-refractivity contribution in [3.63, 3.8) is 0 Å². The van der Waals surface area contributed by atoms with Gasteiger partial charge in [0.15, 0.2) is 6.10 Å². The average molecular weight is 346 g/mol.